The van der Waals surface area contributed by atoms with Gasteiger partial charge in [0.15, 0.2) is 0 Å². The lowest BCUT2D eigenvalue weighted by molar-refractivity contribution is 0.0698. The molecule has 2 rings (SSSR count). The number of hydrogen-bond donors (Lipinski definition) is 3. The lowest BCUT2D eigenvalue weighted by Gasteiger charge is -2.10. The van der Waals surface area contributed by atoms with Crippen molar-refractivity contribution in [3.05, 3.63) is 49.6 Å². The minimum absolute atomic E-state index is 0.0717. The maximum Gasteiger partial charge on any atom is 0.339 e. The number of hydrogen-bond acceptors (Lipinski definition) is 3. The highest BCUT2D eigenvalue weighted by Crippen LogP contribution is 2.24. The topological polar surface area (TPSA) is 78.4 Å². The van der Waals surface area contributed by atoms with Gasteiger partial charge >= 0.3 is 12.0 Å². The summed E-state index contributed by atoms with van der Waals surface area (Å²) in [6.07, 6.45) is 0. The van der Waals surface area contributed by atoms with Crippen molar-refractivity contribution < 1.29 is 14.7 Å². The van der Waals surface area contributed by atoms with Crippen LogP contribution in [0.25, 0.3) is 0 Å². The van der Waals surface area contributed by atoms with Crippen LogP contribution < -0.4 is 10.6 Å². The quantitative estimate of drug-likeness (QED) is 0.734. The molecule has 3 N–H and O–H groups in total. The molecule has 0 fully saturated rings. The molecule has 110 valence electrons. The van der Waals surface area contributed by atoms with Crippen molar-refractivity contribution in [3.8, 4) is 0 Å². The fourth-order valence-corrected chi connectivity index (χ4v) is 3.27. The van der Waals surface area contributed by atoms with Crippen molar-refractivity contribution in [2.24, 2.45) is 0 Å². The number of thiophene rings is 1. The van der Waals surface area contributed by atoms with Gasteiger partial charge in [0, 0.05) is 14.7 Å². The van der Waals surface area contributed by atoms with E-state index in [1.165, 1.54) is 23.5 Å². The second-order valence-electron chi connectivity index (χ2n) is 4.01. The normalized spacial score (nSPS) is 10.2. The molecule has 1 aromatic heterocycles. The Morgan fingerprint density at radius 2 is 2.14 bits per heavy atom. The van der Waals surface area contributed by atoms with E-state index in [1.807, 2.05) is 11.4 Å². The molecule has 0 bridgehead atoms. The molecule has 2 aromatic rings. The first kappa shape index (κ1) is 15.8. The molecular weight excluding hydrogens is 380 g/mol. The monoisotopic (exact) mass is 388 g/mol. The first-order valence-corrected chi connectivity index (χ1v) is 7.82. The number of carbonyl (C=O) groups excluding carboxylic acids is 1. The highest BCUT2D eigenvalue weighted by Gasteiger charge is 2.16. The number of urea groups is 1. The van der Waals surface area contributed by atoms with Crippen LogP contribution in [0.3, 0.4) is 0 Å². The molecule has 0 aliphatic rings. The average molecular weight is 390 g/mol. The fraction of sp³-hybridized carbons (Fsp3) is 0.0769. The SMILES string of the molecule is O=C(NCc1cc(Br)cs1)Nc1cccc(Cl)c1C(=O)O. The van der Waals surface area contributed by atoms with Crippen molar-refractivity contribution >= 4 is 56.6 Å². The van der Waals surface area contributed by atoms with Gasteiger partial charge in [-0.2, -0.15) is 0 Å². The van der Waals surface area contributed by atoms with Crippen molar-refractivity contribution in [3.63, 3.8) is 0 Å². The van der Waals surface area contributed by atoms with Gasteiger partial charge in [0.1, 0.15) is 5.56 Å². The third kappa shape index (κ3) is 4.20. The molecule has 5 nitrogen and oxygen atoms in total. The van der Waals surface area contributed by atoms with Gasteiger partial charge in [-0.15, -0.1) is 11.3 Å². The Labute approximate surface area is 138 Å². The van der Waals surface area contributed by atoms with E-state index in [-0.39, 0.29) is 16.3 Å². The number of aromatic carboxylic acids is 1. The molecule has 0 spiro atoms. The molecule has 8 heteroatoms. The number of carboxylic acids is 1. The zero-order valence-corrected chi connectivity index (χ0v) is 13.7. The van der Waals surface area contributed by atoms with Gasteiger partial charge in [-0.1, -0.05) is 17.7 Å². The number of halogens is 2. The van der Waals surface area contributed by atoms with Crippen molar-refractivity contribution in [2.45, 2.75) is 6.54 Å². The smallest absolute Gasteiger partial charge is 0.339 e. The predicted molar refractivity (Wildman–Crippen MR) is 86.3 cm³/mol. The summed E-state index contributed by atoms with van der Waals surface area (Å²) in [6, 6.07) is 5.91. The molecule has 0 atom stereocenters. The van der Waals surface area contributed by atoms with E-state index in [0.717, 1.165) is 9.35 Å². The highest BCUT2D eigenvalue weighted by molar-refractivity contribution is 9.10. The first-order valence-electron chi connectivity index (χ1n) is 5.77. The number of amides is 2. The minimum atomic E-state index is -1.20. The average Bonchev–Trinajstić information content (AvgIpc) is 2.82. The molecule has 1 aromatic carbocycles. The zero-order chi connectivity index (χ0) is 15.4. The number of nitrogens with one attached hydrogen (secondary N) is 2. The molecule has 0 aliphatic heterocycles. The second kappa shape index (κ2) is 6.93. The molecular formula is C13H10BrClN2O3S. The summed E-state index contributed by atoms with van der Waals surface area (Å²) < 4.78 is 0.952. The Kier molecular flexibility index (Phi) is 5.22. The summed E-state index contributed by atoms with van der Waals surface area (Å²) in [5, 5.41) is 16.2. The van der Waals surface area contributed by atoms with Gasteiger partial charge in [-0.3, -0.25) is 0 Å². The predicted octanol–water partition coefficient (Wildman–Crippen LogP) is 4.18. The van der Waals surface area contributed by atoms with Gasteiger partial charge in [-0.25, -0.2) is 9.59 Å². The molecule has 21 heavy (non-hydrogen) atoms. The van der Waals surface area contributed by atoms with Gasteiger partial charge < -0.3 is 15.7 Å². The number of carboxylic acid groups (broad SMARTS) is 1. The van der Waals surface area contributed by atoms with Crippen LogP contribution in [0, 0.1) is 0 Å². The van der Waals surface area contributed by atoms with Crippen LogP contribution in [0.2, 0.25) is 5.02 Å². The Morgan fingerprint density at radius 1 is 1.38 bits per heavy atom. The van der Waals surface area contributed by atoms with Crippen LogP contribution in [0.4, 0.5) is 10.5 Å². The van der Waals surface area contributed by atoms with Crippen LogP contribution >= 0.6 is 38.9 Å². The van der Waals surface area contributed by atoms with Crippen molar-refractivity contribution in [1.29, 1.82) is 0 Å². The van der Waals surface area contributed by atoms with Crippen LogP contribution in [-0.2, 0) is 6.54 Å². The number of anilines is 1. The third-order valence-corrected chi connectivity index (χ3v) is 4.53. The Bertz CT molecular complexity index is 690. The zero-order valence-electron chi connectivity index (χ0n) is 10.5. The molecule has 0 saturated heterocycles. The summed E-state index contributed by atoms with van der Waals surface area (Å²) in [5.41, 5.74) is 0.0213. The standard InChI is InChI=1S/C13H10BrClN2O3S/c14-7-4-8(21-6-7)5-16-13(20)17-10-3-1-2-9(15)11(10)12(18)19/h1-4,6H,5H2,(H,18,19)(H2,16,17,20). The summed E-state index contributed by atoms with van der Waals surface area (Å²) >= 11 is 10.7. The van der Waals surface area contributed by atoms with E-state index in [2.05, 4.69) is 26.6 Å². The Balaban J connectivity index is 2.03. The van der Waals surface area contributed by atoms with Gasteiger partial charge in [0.05, 0.1) is 17.3 Å². The van der Waals surface area contributed by atoms with E-state index in [1.54, 1.807) is 6.07 Å². The summed E-state index contributed by atoms with van der Waals surface area (Å²) in [6.45, 7) is 0.352. The number of rotatable bonds is 4. The van der Waals surface area contributed by atoms with E-state index in [9.17, 15) is 9.59 Å². The van der Waals surface area contributed by atoms with Crippen LogP contribution in [0.5, 0.6) is 0 Å². The Hall–Kier alpha value is -1.57. The van der Waals surface area contributed by atoms with Crippen LogP contribution in [0.1, 0.15) is 15.2 Å². The number of carbonyl (C=O) groups is 2. The van der Waals surface area contributed by atoms with E-state index in [4.69, 9.17) is 16.7 Å². The minimum Gasteiger partial charge on any atom is -0.478 e. The summed E-state index contributed by atoms with van der Waals surface area (Å²) in [7, 11) is 0. The molecule has 0 aliphatic carbocycles. The lowest BCUT2D eigenvalue weighted by Crippen LogP contribution is -2.28. The maximum atomic E-state index is 11.8. The third-order valence-electron chi connectivity index (χ3n) is 2.52. The van der Waals surface area contributed by atoms with Crippen LogP contribution in [0.15, 0.2) is 34.1 Å². The van der Waals surface area contributed by atoms with Gasteiger partial charge in [0.2, 0.25) is 0 Å². The van der Waals surface area contributed by atoms with Gasteiger partial charge in [-0.05, 0) is 34.1 Å². The Morgan fingerprint density at radius 3 is 2.76 bits per heavy atom. The summed E-state index contributed by atoms with van der Waals surface area (Å²) in [5.74, 6) is -1.20. The maximum absolute atomic E-state index is 11.8. The molecule has 0 radical (unpaired) electrons. The largest absolute Gasteiger partial charge is 0.478 e. The molecule has 2 amide bonds. The number of benzene rings is 1. The van der Waals surface area contributed by atoms with Gasteiger partial charge in [0.25, 0.3) is 0 Å². The van der Waals surface area contributed by atoms with Crippen LogP contribution in [-0.4, -0.2) is 17.1 Å². The van der Waals surface area contributed by atoms with E-state index < -0.39 is 12.0 Å². The fourth-order valence-electron chi connectivity index (χ4n) is 1.63. The van der Waals surface area contributed by atoms with Crippen molar-refractivity contribution in [1.82, 2.24) is 5.32 Å². The van der Waals surface area contributed by atoms with E-state index in [0.29, 0.717) is 6.54 Å². The van der Waals surface area contributed by atoms with Crippen molar-refractivity contribution in [2.75, 3.05) is 5.32 Å². The first-order chi connectivity index (χ1) is 9.97. The summed E-state index contributed by atoms with van der Waals surface area (Å²) in [4.78, 5) is 23.9. The lowest BCUT2D eigenvalue weighted by atomic mass is 10.2. The molecule has 1 heterocycles. The second-order valence-corrected chi connectivity index (χ2v) is 6.33. The molecule has 0 unspecified atom stereocenters. The highest BCUT2D eigenvalue weighted by atomic mass is 79.9. The molecule has 0 saturated carbocycles. The van der Waals surface area contributed by atoms with E-state index >= 15 is 0 Å².